The van der Waals surface area contributed by atoms with Gasteiger partial charge in [0.15, 0.2) is 0 Å². The van der Waals surface area contributed by atoms with Crippen LogP contribution in [0.15, 0.2) is 79.0 Å². The van der Waals surface area contributed by atoms with Gasteiger partial charge in [0.25, 0.3) is 0 Å². The number of carbonyl (C=O) groups excluding carboxylic acids is 2. The second kappa shape index (κ2) is 15.0. The molecule has 6 N–H and O–H groups in total. The average Bonchev–Trinajstić information content (AvgIpc) is 3.65. The number of hydrogen-bond donors (Lipinski definition) is 6. The molecule has 1 fully saturated rings. The third-order valence-corrected chi connectivity index (χ3v) is 7.54. The van der Waals surface area contributed by atoms with Gasteiger partial charge in [-0.2, -0.15) is 0 Å². The number of ether oxygens (including phenoxy) is 2. The molecule has 0 spiro atoms. The molecule has 3 atom stereocenters. The molecule has 2 amide bonds. The molecule has 1 aliphatic rings. The van der Waals surface area contributed by atoms with Gasteiger partial charge in [-0.25, -0.2) is 14.6 Å². The number of amides is 2. The molecule has 5 rings (SSSR count). The second-order valence-corrected chi connectivity index (χ2v) is 10.6. The fourth-order valence-electron chi connectivity index (χ4n) is 5.23. The van der Waals surface area contributed by atoms with Crippen LogP contribution in [-0.4, -0.2) is 87.5 Å². The Morgan fingerprint density at radius 1 is 1.04 bits per heavy atom. The number of aliphatic hydroxyl groups excluding tert-OH is 1. The molecule has 4 aromatic rings. The van der Waals surface area contributed by atoms with Crippen molar-refractivity contribution in [2.75, 3.05) is 36.9 Å². The zero-order chi connectivity index (χ0) is 31.6. The maximum absolute atomic E-state index is 13.1. The first-order valence-electron chi connectivity index (χ1n) is 14.6. The molecule has 13 heteroatoms. The van der Waals surface area contributed by atoms with E-state index in [1.54, 1.807) is 11.1 Å². The van der Waals surface area contributed by atoms with Crippen LogP contribution in [0.5, 0.6) is 0 Å². The minimum Gasteiger partial charge on any atom is -0.480 e. The molecule has 1 aliphatic heterocycles. The predicted octanol–water partition coefficient (Wildman–Crippen LogP) is 2.94. The van der Waals surface area contributed by atoms with E-state index in [2.05, 4.69) is 25.9 Å². The van der Waals surface area contributed by atoms with E-state index >= 15 is 0 Å². The van der Waals surface area contributed by atoms with Crippen molar-refractivity contribution in [3.05, 3.63) is 90.1 Å². The minimum atomic E-state index is -1.18. The van der Waals surface area contributed by atoms with Crippen LogP contribution in [-0.2, 0) is 32.3 Å². The van der Waals surface area contributed by atoms with Crippen molar-refractivity contribution in [3.8, 4) is 0 Å². The van der Waals surface area contributed by atoms with Crippen LogP contribution in [0.1, 0.15) is 17.5 Å². The number of aromatic nitrogens is 2. The summed E-state index contributed by atoms with van der Waals surface area (Å²) in [5.74, 6) is -0.649. The minimum absolute atomic E-state index is 0.127. The number of aliphatic carboxylic acids is 1. The van der Waals surface area contributed by atoms with Gasteiger partial charge in [-0.05, 0) is 30.2 Å². The number of para-hydroxylation sites is 1. The van der Waals surface area contributed by atoms with Crippen LogP contribution in [0.25, 0.3) is 10.9 Å². The number of nitrogens with one attached hydrogen (secondary N) is 4. The summed E-state index contributed by atoms with van der Waals surface area (Å²) in [7, 11) is 0. The van der Waals surface area contributed by atoms with Gasteiger partial charge < -0.3 is 45.5 Å². The van der Waals surface area contributed by atoms with E-state index in [1.165, 1.54) is 0 Å². The van der Waals surface area contributed by atoms with Crippen molar-refractivity contribution < 1.29 is 34.1 Å². The molecule has 2 aromatic heterocycles. The fraction of sp³-hybridized carbons (Fsp3) is 0.312. The van der Waals surface area contributed by atoms with Crippen molar-refractivity contribution in [1.82, 2.24) is 20.2 Å². The van der Waals surface area contributed by atoms with E-state index in [0.717, 1.165) is 16.5 Å². The summed E-state index contributed by atoms with van der Waals surface area (Å²) in [6.07, 6.45) is 1.19. The Morgan fingerprint density at radius 2 is 1.82 bits per heavy atom. The smallest absolute Gasteiger partial charge is 0.410 e. The summed E-state index contributed by atoms with van der Waals surface area (Å²) in [6.45, 7) is -0.0925. The topological polar surface area (TPSA) is 178 Å². The lowest BCUT2D eigenvalue weighted by Gasteiger charge is -2.24. The first kappa shape index (κ1) is 31.3. The standard InChI is InChI=1S/C32H36N6O7/c39-18-25-24-10-4-5-11-26(24)36-30(25)37-27(31(41)42)16-35-29(40)20-44-23-14-22(15-34-28-12-6-7-13-33-28)38(17-23)32(43)45-19-21-8-2-1-3-9-21/h1-13,22-23,27,36-37,39H,14-20H2,(H,33,34)(H,35,40)(H,41,42)/t22?,23?,27-/m0/s1. The lowest BCUT2D eigenvalue weighted by molar-refractivity contribution is -0.138. The SMILES string of the molecule is O=C(COC1CC(CNc2ccccn2)N(C(=O)OCc2ccccc2)C1)NC[C@H](Nc1[nH]c2ccccc2c1CO)C(=O)O. The Balaban J connectivity index is 1.14. The highest BCUT2D eigenvalue weighted by Gasteiger charge is 2.37. The van der Waals surface area contributed by atoms with Crippen LogP contribution < -0.4 is 16.0 Å². The lowest BCUT2D eigenvalue weighted by atomic mass is 10.1. The largest absolute Gasteiger partial charge is 0.480 e. The number of aromatic amines is 1. The van der Waals surface area contributed by atoms with Crippen LogP contribution in [0.3, 0.4) is 0 Å². The normalized spacial score (nSPS) is 16.7. The van der Waals surface area contributed by atoms with Gasteiger partial charge in [0.2, 0.25) is 5.91 Å². The number of likely N-dealkylation sites (tertiary alicyclic amines) is 1. The number of fused-ring (bicyclic) bond motifs is 1. The number of rotatable bonds is 14. The highest BCUT2D eigenvalue weighted by atomic mass is 16.6. The maximum atomic E-state index is 13.1. The number of pyridine rings is 1. The summed E-state index contributed by atoms with van der Waals surface area (Å²) < 4.78 is 11.4. The number of carbonyl (C=O) groups is 3. The van der Waals surface area contributed by atoms with Gasteiger partial charge in [0, 0.05) is 35.8 Å². The maximum Gasteiger partial charge on any atom is 0.410 e. The zero-order valence-corrected chi connectivity index (χ0v) is 24.5. The number of hydrogen-bond acceptors (Lipinski definition) is 9. The first-order chi connectivity index (χ1) is 21.9. The summed E-state index contributed by atoms with van der Waals surface area (Å²) in [4.78, 5) is 46.6. The number of anilines is 2. The van der Waals surface area contributed by atoms with Gasteiger partial charge in [-0.15, -0.1) is 0 Å². The summed E-state index contributed by atoms with van der Waals surface area (Å²) in [5.41, 5.74) is 2.14. The molecular formula is C32H36N6O7. The van der Waals surface area contributed by atoms with Gasteiger partial charge in [0.1, 0.15) is 30.9 Å². The molecular weight excluding hydrogens is 580 g/mol. The number of H-pyrrole nitrogens is 1. The van der Waals surface area contributed by atoms with Gasteiger partial charge in [0.05, 0.1) is 25.3 Å². The van der Waals surface area contributed by atoms with Crippen LogP contribution in [0, 0.1) is 0 Å². The Bertz CT molecular complexity index is 1580. The Morgan fingerprint density at radius 3 is 2.58 bits per heavy atom. The van der Waals surface area contributed by atoms with Crippen molar-refractivity contribution in [3.63, 3.8) is 0 Å². The Hall–Kier alpha value is -5.14. The predicted molar refractivity (Wildman–Crippen MR) is 166 cm³/mol. The third-order valence-electron chi connectivity index (χ3n) is 7.54. The molecule has 0 aliphatic carbocycles. The number of benzene rings is 2. The molecule has 1 saturated heterocycles. The number of carboxylic acids is 1. The van der Waals surface area contributed by atoms with Crippen molar-refractivity contribution in [2.45, 2.75) is 37.8 Å². The van der Waals surface area contributed by atoms with Crippen molar-refractivity contribution >= 4 is 40.5 Å². The van der Waals surface area contributed by atoms with E-state index in [1.807, 2.05) is 72.8 Å². The number of carboxylic acid groups (broad SMARTS) is 1. The molecule has 0 saturated carbocycles. The molecule has 236 valence electrons. The molecule has 2 unspecified atom stereocenters. The van der Waals surface area contributed by atoms with Gasteiger partial charge in [-0.3, -0.25) is 4.79 Å². The Kier molecular flexibility index (Phi) is 10.5. The number of nitrogens with zero attached hydrogens (tertiary/aromatic N) is 2. The van der Waals surface area contributed by atoms with E-state index in [9.17, 15) is 24.6 Å². The van der Waals surface area contributed by atoms with E-state index in [4.69, 9.17) is 9.47 Å². The Labute approximate surface area is 259 Å². The first-order valence-corrected chi connectivity index (χ1v) is 14.6. The molecule has 13 nitrogen and oxygen atoms in total. The van der Waals surface area contributed by atoms with E-state index < -0.39 is 30.1 Å². The van der Waals surface area contributed by atoms with Crippen LogP contribution in [0.2, 0.25) is 0 Å². The average molecular weight is 617 g/mol. The summed E-state index contributed by atoms with van der Waals surface area (Å²) in [5, 5.41) is 29.1. The monoisotopic (exact) mass is 616 g/mol. The fourth-order valence-corrected chi connectivity index (χ4v) is 5.23. The molecule has 45 heavy (non-hydrogen) atoms. The molecule has 3 heterocycles. The van der Waals surface area contributed by atoms with Gasteiger partial charge in [-0.1, -0.05) is 54.6 Å². The quantitative estimate of drug-likeness (QED) is 0.123. The van der Waals surface area contributed by atoms with Crippen molar-refractivity contribution in [2.24, 2.45) is 0 Å². The van der Waals surface area contributed by atoms with Crippen LogP contribution >= 0.6 is 0 Å². The van der Waals surface area contributed by atoms with Gasteiger partial charge >= 0.3 is 12.1 Å². The number of aliphatic hydroxyl groups is 1. The highest BCUT2D eigenvalue weighted by molar-refractivity contribution is 5.90. The molecule has 2 aromatic carbocycles. The molecule has 0 bridgehead atoms. The second-order valence-electron chi connectivity index (χ2n) is 10.6. The van der Waals surface area contributed by atoms with Crippen LogP contribution in [0.4, 0.5) is 16.4 Å². The third kappa shape index (κ3) is 8.28. The summed E-state index contributed by atoms with van der Waals surface area (Å²) in [6, 6.07) is 20.7. The molecule has 0 radical (unpaired) electrons. The van der Waals surface area contributed by atoms with E-state index in [-0.39, 0.29) is 39.0 Å². The zero-order valence-electron chi connectivity index (χ0n) is 24.5. The lowest BCUT2D eigenvalue weighted by Crippen LogP contribution is -2.43. The highest BCUT2D eigenvalue weighted by Crippen LogP contribution is 2.27. The summed E-state index contributed by atoms with van der Waals surface area (Å²) >= 11 is 0. The van der Waals surface area contributed by atoms with Crippen molar-refractivity contribution in [1.29, 1.82) is 0 Å². The van der Waals surface area contributed by atoms with E-state index in [0.29, 0.717) is 30.2 Å².